The van der Waals surface area contributed by atoms with E-state index in [4.69, 9.17) is 4.74 Å². The standard InChI is InChI=1S/C27H31N3O4S/c1-21-8-12-23(13-9-21)30(35(32,33)24-14-10-22(2)11-15-24)20-27(31)29-18-16-28(17-19-29)25-6-4-5-7-26(25)34-3/h4-15H,16-20H2,1-3H3. The molecule has 35 heavy (non-hydrogen) atoms. The molecular formula is C27H31N3O4S. The van der Waals surface area contributed by atoms with E-state index >= 15 is 0 Å². The molecule has 0 saturated carbocycles. The molecule has 1 amide bonds. The fourth-order valence-electron chi connectivity index (χ4n) is 4.17. The zero-order chi connectivity index (χ0) is 25.0. The lowest BCUT2D eigenvalue weighted by atomic mass is 10.2. The fraction of sp³-hybridized carbons (Fsp3) is 0.296. The van der Waals surface area contributed by atoms with Gasteiger partial charge in [-0.15, -0.1) is 0 Å². The van der Waals surface area contributed by atoms with E-state index < -0.39 is 10.0 Å². The first kappa shape index (κ1) is 24.6. The molecule has 0 aromatic heterocycles. The second-order valence-electron chi connectivity index (χ2n) is 8.70. The summed E-state index contributed by atoms with van der Waals surface area (Å²) in [6.07, 6.45) is 0. The third-order valence-electron chi connectivity index (χ3n) is 6.27. The molecule has 0 atom stereocenters. The first-order valence-electron chi connectivity index (χ1n) is 11.6. The third kappa shape index (κ3) is 5.43. The molecule has 1 heterocycles. The van der Waals surface area contributed by atoms with Crippen LogP contribution in [0.25, 0.3) is 0 Å². The topological polar surface area (TPSA) is 70.2 Å². The lowest BCUT2D eigenvalue weighted by Crippen LogP contribution is -2.52. The second kappa shape index (κ2) is 10.4. The van der Waals surface area contributed by atoms with Crippen LogP contribution in [0.5, 0.6) is 5.75 Å². The highest BCUT2D eigenvalue weighted by Gasteiger charge is 2.30. The van der Waals surface area contributed by atoms with E-state index in [1.54, 1.807) is 48.4 Å². The molecule has 1 aliphatic rings. The highest BCUT2D eigenvalue weighted by Crippen LogP contribution is 2.29. The van der Waals surface area contributed by atoms with Crippen molar-refractivity contribution in [2.75, 3.05) is 49.0 Å². The molecule has 1 saturated heterocycles. The van der Waals surface area contributed by atoms with Gasteiger partial charge in [0.15, 0.2) is 0 Å². The number of hydrogen-bond donors (Lipinski definition) is 0. The van der Waals surface area contributed by atoms with Gasteiger partial charge in [-0.25, -0.2) is 8.42 Å². The largest absolute Gasteiger partial charge is 0.495 e. The smallest absolute Gasteiger partial charge is 0.264 e. The van der Waals surface area contributed by atoms with Crippen molar-refractivity contribution in [2.45, 2.75) is 18.7 Å². The van der Waals surface area contributed by atoms with Gasteiger partial charge in [-0.3, -0.25) is 9.10 Å². The summed E-state index contributed by atoms with van der Waals surface area (Å²) in [4.78, 5) is 17.4. The zero-order valence-corrected chi connectivity index (χ0v) is 21.2. The number of hydrogen-bond acceptors (Lipinski definition) is 5. The average molecular weight is 494 g/mol. The molecule has 3 aromatic rings. The maximum atomic E-state index is 13.6. The Morgan fingerprint density at radius 3 is 2.03 bits per heavy atom. The number of ether oxygens (including phenoxy) is 1. The molecule has 0 N–H and O–H groups in total. The molecule has 0 radical (unpaired) electrons. The Labute approximate surface area is 207 Å². The Morgan fingerprint density at radius 2 is 1.43 bits per heavy atom. The highest BCUT2D eigenvalue weighted by molar-refractivity contribution is 7.92. The number of amides is 1. The number of sulfonamides is 1. The van der Waals surface area contributed by atoms with Crippen molar-refractivity contribution in [3.8, 4) is 5.75 Å². The van der Waals surface area contributed by atoms with Gasteiger partial charge in [-0.2, -0.15) is 0 Å². The Hall–Kier alpha value is -3.52. The van der Waals surface area contributed by atoms with Crippen LogP contribution < -0.4 is 13.9 Å². The third-order valence-corrected chi connectivity index (χ3v) is 8.06. The number of benzene rings is 3. The molecule has 1 fully saturated rings. The summed E-state index contributed by atoms with van der Waals surface area (Å²) in [5.41, 5.74) is 3.44. The number of para-hydroxylation sites is 2. The van der Waals surface area contributed by atoms with Crippen molar-refractivity contribution in [3.05, 3.63) is 83.9 Å². The molecule has 1 aliphatic heterocycles. The van der Waals surface area contributed by atoms with Crippen LogP contribution in [0.1, 0.15) is 11.1 Å². The predicted molar refractivity (Wildman–Crippen MR) is 139 cm³/mol. The summed E-state index contributed by atoms with van der Waals surface area (Å²) < 4.78 is 33.9. The van der Waals surface area contributed by atoms with Crippen LogP contribution in [-0.4, -0.2) is 59.1 Å². The summed E-state index contributed by atoms with van der Waals surface area (Å²) in [5, 5.41) is 0. The van der Waals surface area contributed by atoms with Crippen molar-refractivity contribution in [2.24, 2.45) is 0 Å². The monoisotopic (exact) mass is 493 g/mol. The van der Waals surface area contributed by atoms with Gasteiger partial charge < -0.3 is 14.5 Å². The van der Waals surface area contributed by atoms with Crippen LogP contribution >= 0.6 is 0 Å². The number of carbonyl (C=O) groups is 1. The number of carbonyl (C=O) groups excluding carboxylic acids is 1. The second-order valence-corrected chi connectivity index (χ2v) is 10.6. The molecule has 0 bridgehead atoms. The van der Waals surface area contributed by atoms with Gasteiger partial charge in [0.05, 0.1) is 23.4 Å². The predicted octanol–water partition coefficient (Wildman–Crippen LogP) is 3.86. The van der Waals surface area contributed by atoms with Crippen LogP contribution in [-0.2, 0) is 14.8 Å². The van der Waals surface area contributed by atoms with E-state index in [0.29, 0.717) is 31.9 Å². The minimum atomic E-state index is -3.92. The molecule has 0 aliphatic carbocycles. The van der Waals surface area contributed by atoms with Gasteiger partial charge in [0.2, 0.25) is 5.91 Å². The Bertz CT molecular complexity index is 1270. The van der Waals surface area contributed by atoms with Crippen LogP contribution in [0.2, 0.25) is 0 Å². The van der Waals surface area contributed by atoms with Crippen molar-refractivity contribution in [1.82, 2.24) is 4.90 Å². The summed E-state index contributed by atoms with van der Waals surface area (Å²) >= 11 is 0. The lowest BCUT2D eigenvalue weighted by molar-refractivity contribution is -0.129. The van der Waals surface area contributed by atoms with Crippen molar-refractivity contribution < 1.29 is 17.9 Å². The minimum absolute atomic E-state index is 0.164. The quantitative estimate of drug-likeness (QED) is 0.500. The molecule has 184 valence electrons. The maximum Gasteiger partial charge on any atom is 0.264 e. The SMILES string of the molecule is COc1ccccc1N1CCN(C(=O)CN(c2ccc(C)cc2)S(=O)(=O)c2ccc(C)cc2)CC1. The van der Waals surface area contributed by atoms with Gasteiger partial charge in [0.25, 0.3) is 10.0 Å². The summed E-state index contributed by atoms with van der Waals surface area (Å²) in [5.74, 6) is 0.572. The number of nitrogens with zero attached hydrogens (tertiary/aromatic N) is 3. The normalized spacial score (nSPS) is 14.0. The van der Waals surface area contributed by atoms with E-state index in [1.165, 1.54) is 4.31 Å². The van der Waals surface area contributed by atoms with Crippen LogP contribution in [0.15, 0.2) is 77.7 Å². The Morgan fingerprint density at radius 1 is 0.857 bits per heavy atom. The first-order valence-corrected chi connectivity index (χ1v) is 13.1. The van der Waals surface area contributed by atoms with Crippen LogP contribution in [0, 0.1) is 13.8 Å². The van der Waals surface area contributed by atoms with Gasteiger partial charge >= 0.3 is 0 Å². The number of anilines is 2. The van der Waals surface area contributed by atoms with E-state index in [9.17, 15) is 13.2 Å². The van der Waals surface area contributed by atoms with Crippen LogP contribution in [0.4, 0.5) is 11.4 Å². The first-order chi connectivity index (χ1) is 16.8. The molecule has 4 rings (SSSR count). The highest BCUT2D eigenvalue weighted by atomic mass is 32.2. The summed E-state index contributed by atoms with van der Waals surface area (Å²) in [7, 11) is -2.28. The van der Waals surface area contributed by atoms with Gasteiger partial charge in [-0.1, -0.05) is 47.5 Å². The molecular weight excluding hydrogens is 462 g/mol. The van der Waals surface area contributed by atoms with E-state index in [2.05, 4.69) is 4.90 Å². The van der Waals surface area contributed by atoms with Crippen molar-refractivity contribution in [1.29, 1.82) is 0 Å². The maximum absolute atomic E-state index is 13.6. The molecule has 3 aromatic carbocycles. The van der Waals surface area contributed by atoms with Gasteiger partial charge in [0, 0.05) is 26.2 Å². The molecule has 7 nitrogen and oxygen atoms in total. The van der Waals surface area contributed by atoms with E-state index in [0.717, 1.165) is 22.6 Å². The van der Waals surface area contributed by atoms with E-state index in [-0.39, 0.29) is 17.3 Å². The summed E-state index contributed by atoms with van der Waals surface area (Å²) in [6, 6.07) is 21.7. The molecule has 8 heteroatoms. The van der Waals surface area contributed by atoms with Gasteiger partial charge in [0.1, 0.15) is 12.3 Å². The molecule has 0 unspecified atom stereocenters. The van der Waals surface area contributed by atoms with E-state index in [1.807, 2.05) is 50.2 Å². The number of rotatable bonds is 7. The Kier molecular flexibility index (Phi) is 7.31. The molecule has 0 spiro atoms. The van der Waals surface area contributed by atoms with Crippen LogP contribution in [0.3, 0.4) is 0 Å². The van der Waals surface area contributed by atoms with Crippen molar-refractivity contribution >= 4 is 27.3 Å². The average Bonchev–Trinajstić information content (AvgIpc) is 2.88. The Balaban J connectivity index is 1.53. The number of methoxy groups -OCH3 is 1. The van der Waals surface area contributed by atoms with Crippen molar-refractivity contribution in [3.63, 3.8) is 0 Å². The zero-order valence-electron chi connectivity index (χ0n) is 20.3. The summed E-state index contributed by atoms with van der Waals surface area (Å²) in [6.45, 7) is 5.88. The number of aryl methyl sites for hydroxylation is 2. The lowest BCUT2D eigenvalue weighted by Gasteiger charge is -2.37. The fourth-order valence-corrected chi connectivity index (χ4v) is 5.59. The van der Waals surface area contributed by atoms with Gasteiger partial charge in [-0.05, 0) is 50.2 Å². The minimum Gasteiger partial charge on any atom is -0.495 e. The number of piperazine rings is 1.